The molecule has 0 aromatic heterocycles. The van der Waals surface area contributed by atoms with Gasteiger partial charge in [-0.2, -0.15) is 0 Å². The Hall–Kier alpha value is -3.14. The number of aliphatic hydroxyl groups is 3. The fourth-order valence-corrected chi connectivity index (χ4v) is 10.0. The van der Waals surface area contributed by atoms with Crippen molar-refractivity contribution in [3.05, 3.63) is 88.5 Å². The van der Waals surface area contributed by atoms with Crippen molar-refractivity contribution < 1.29 is 34.4 Å². The molecule has 1 aliphatic heterocycles. The molecule has 4 aliphatic carbocycles. The summed E-state index contributed by atoms with van der Waals surface area (Å²) >= 11 is 0. The minimum absolute atomic E-state index is 0.00375. The molecule has 3 saturated carbocycles. The van der Waals surface area contributed by atoms with E-state index in [1.165, 1.54) is 0 Å². The van der Waals surface area contributed by atoms with Gasteiger partial charge >= 0.3 is 0 Å². The van der Waals surface area contributed by atoms with Gasteiger partial charge in [0.25, 0.3) is 0 Å². The molecule has 9 atom stereocenters. The fraction of sp³-hybridized carbons (Fsp3) is 0.514. The van der Waals surface area contributed by atoms with Crippen LogP contribution in [0, 0.1) is 28.6 Å². The summed E-state index contributed by atoms with van der Waals surface area (Å²) in [6.45, 7) is 3.56. The molecule has 0 bridgehead atoms. The van der Waals surface area contributed by atoms with Crippen LogP contribution in [-0.4, -0.2) is 57.9 Å². The minimum atomic E-state index is -1.38. The molecular weight excluding hydrogens is 570 g/mol. The third-order valence-electron chi connectivity index (χ3n) is 12.0. The maximum Gasteiger partial charge on any atom is 0.193 e. The highest BCUT2D eigenvalue weighted by Crippen LogP contribution is 2.70. The molecule has 8 heteroatoms. The summed E-state index contributed by atoms with van der Waals surface area (Å²) < 4.78 is 13.4. The van der Waals surface area contributed by atoms with E-state index in [9.17, 15) is 24.9 Å². The molecule has 2 aromatic carbocycles. The lowest BCUT2D eigenvalue weighted by Crippen LogP contribution is -2.63. The summed E-state index contributed by atoms with van der Waals surface area (Å²) in [6.07, 6.45) is 6.96. The molecule has 2 aromatic rings. The second-order valence-electron chi connectivity index (χ2n) is 14.3. The molecule has 0 spiro atoms. The number of hydrogen-bond donors (Lipinski definition) is 4. The number of nitrogens with two attached hydrogens (primary N) is 1. The van der Waals surface area contributed by atoms with Crippen LogP contribution in [0.15, 0.2) is 66.3 Å². The lowest BCUT2D eigenvalue weighted by atomic mass is 9.46. The number of ether oxygens (including phenoxy) is 2. The number of allylic oxidation sites excluding steroid dienone is 4. The highest BCUT2D eigenvalue weighted by atomic mass is 16.7. The van der Waals surface area contributed by atoms with Gasteiger partial charge in [-0.05, 0) is 85.3 Å². The first kappa shape index (κ1) is 30.5. The standard InChI is InChI=1S/C37H43NO7/c1-35-12-10-26(41)17-25(35)8-9-27-28-18-32-37(31(43)20-40,36(28,2)19-30(42)33(27)35)45-34(44-32)24-5-3-4-21(15-24)14-22-6-7-23(11-13-39)29(38)16-22/h3-7,10,12,15-17,27-28,30,32-34,39-40,42H,8-9,11,13-14,18-20,38H2,1-2H3/t27-,28-,30-,32+,33+,34+,35-,36-,37+/m0/s1. The summed E-state index contributed by atoms with van der Waals surface area (Å²) in [7, 11) is 0. The molecular formula is C37H43NO7. The Morgan fingerprint density at radius 1 is 1.11 bits per heavy atom. The van der Waals surface area contributed by atoms with Gasteiger partial charge in [-0.3, -0.25) is 9.59 Å². The number of carbonyl (C=O) groups is 2. The molecule has 5 aliphatic rings. The smallest absolute Gasteiger partial charge is 0.193 e. The molecule has 5 N–H and O–H groups in total. The third kappa shape index (κ3) is 4.52. The number of benzene rings is 2. The van der Waals surface area contributed by atoms with Gasteiger partial charge in [0.05, 0.1) is 12.2 Å². The monoisotopic (exact) mass is 613 g/mol. The van der Waals surface area contributed by atoms with Crippen LogP contribution in [-0.2, 0) is 31.9 Å². The first-order valence-electron chi connectivity index (χ1n) is 16.2. The molecule has 7 rings (SSSR count). The Balaban J connectivity index is 1.17. The Morgan fingerprint density at radius 3 is 2.67 bits per heavy atom. The van der Waals surface area contributed by atoms with Gasteiger partial charge in [0.2, 0.25) is 0 Å². The van der Waals surface area contributed by atoms with E-state index in [0.29, 0.717) is 31.4 Å². The van der Waals surface area contributed by atoms with Crippen LogP contribution in [0.25, 0.3) is 0 Å². The second-order valence-corrected chi connectivity index (χ2v) is 14.3. The largest absolute Gasteiger partial charge is 0.398 e. The molecule has 8 nitrogen and oxygen atoms in total. The van der Waals surface area contributed by atoms with Crippen molar-refractivity contribution in [1.29, 1.82) is 0 Å². The van der Waals surface area contributed by atoms with E-state index in [0.717, 1.165) is 40.7 Å². The van der Waals surface area contributed by atoms with E-state index < -0.39 is 47.3 Å². The van der Waals surface area contributed by atoms with Crippen LogP contribution in [0.3, 0.4) is 0 Å². The molecule has 0 unspecified atom stereocenters. The lowest BCUT2D eigenvalue weighted by Gasteiger charge is -2.59. The number of fused-ring (bicyclic) bond motifs is 7. The SMILES string of the molecule is C[C@]12C=CC(=O)C=C1CC[C@@H]1[C@@H]2[C@@H](O)C[C@@]2(C)[C@H]1C[C@H]1O[C@@H](c3cccc(Cc4ccc(CCO)c(N)c4)c3)O[C@]12C(=O)CO. The predicted molar refractivity (Wildman–Crippen MR) is 168 cm³/mol. The Morgan fingerprint density at radius 2 is 1.91 bits per heavy atom. The van der Waals surface area contributed by atoms with E-state index in [1.54, 1.807) is 12.2 Å². The Kier molecular flexibility index (Phi) is 7.45. The zero-order chi connectivity index (χ0) is 31.7. The normalized spacial score (nSPS) is 38.2. The summed E-state index contributed by atoms with van der Waals surface area (Å²) in [5.41, 5.74) is 9.20. The van der Waals surface area contributed by atoms with Gasteiger partial charge in [-0.15, -0.1) is 0 Å². The van der Waals surface area contributed by atoms with Gasteiger partial charge in [0, 0.05) is 34.6 Å². The quantitative estimate of drug-likeness (QED) is 0.344. The Labute approximate surface area is 263 Å². The van der Waals surface area contributed by atoms with Crippen molar-refractivity contribution >= 4 is 17.3 Å². The molecule has 45 heavy (non-hydrogen) atoms. The summed E-state index contributed by atoms with van der Waals surface area (Å²) in [4.78, 5) is 26.0. The summed E-state index contributed by atoms with van der Waals surface area (Å²) in [5.74, 6) is -0.332. The van der Waals surface area contributed by atoms with Crippen molar-refractivity contribution in [2.75, 3.05) is 18.9 Å². The number of aliphatic hydroxyl groups excluding tert-OH is 3. The molecule has 238 valence electrons. The predicted octanol–water partition coefficient (Wildman–Crippen LogP) is 4.00. The van der Waals surface area contributed by atoms with E-state index >= 15 is 0 Å². The second kappa shape index (κ2) is 11.0. The molecule has 0 amide bonds. The first-order chi connectivity index (χ1) is 21.5. The zero-order valence-electron chi connectivity index (χ0n) is 25.9. The van der Waals surface area contributed by atoms with Crippen molar-refractivity contribution in [2.24, 2.45) is 28.6 Å². The van der Waals surface area contributed by atoms with Crippen molar-refractivity contribution in [3.63, 3.8) is 0 Å². The van der Waals surface area contributed by atoms with Crippen molar-refractivity contribution in [1.82, 2.24) is 0 Å². The van der Waals surface area contributed by atoms with E-state index in [2.05, 4.69) is 6.92 Å². The number of ketones is 2. The number of carbonyl (C=O) groups excluding carboxylic acids is 2. The number of Topliss-reactive ketones (excluding diaryl/α,β-unsaturated/α-hetero) is 1. The van der Waals surface area contributed by atoms with E-state index in [-0.39, 0.29) is 30.1 Å². The lowest BCUT2D eigenvalue weighted by molar-refractivity contribution is -0.201. The van der Waals surface area contributed by atoms with E-state index in [4.69, 9.17) is 15.2 Å². The summed E-state index contributed by atoms with van der Waals surface area (Å²) in [6, 6.07) is 13.8. The maximum absolute atomic E-state index is 13.8. The van der Waals surface area contributed by atoms with Gasteiger partial charge in [0.15, 0.2) is 23.5 Å². The topological polar surface area (TPSA) is 139 Å². The fourth-order valence-electron chi connectivity index (χ4n) is 10.0. The van der Waals surface area contributed by atoms with Crippen LogP contribution in [0.5, 0.6) is 0 Å². The zero-order valence-corrected chi connectivity index (χ0v) is 25.9. The van der Waals surface area contributed by atoms with Gasteiger partial charge < -0.3 is 30.5 Å². The number of anilines is 1. The van der Waals surface area contributed by atoms with Gasteiger partial charge in [-0.25, -0.2) is 0 Å². The highest BCUT2D eigenvalue weighted by molar-refractivity contribution is 6.01. The minimum Gasteiger partial charge on any atom is -0.398 e. The summed E-state index contributed by atoms with van der Waals surface area (Å²) in [5, 5.41) is 31.4. The highest BCUT2D eigenvalue weighted by Gasteiger charge is 2.75. The molecule has 1 saturated heterocycles. The van der Waals surface area contributed by atoms with Crippen LogP contribution in [0.2, 0.25) is 0 Å². The van der Waals surface area contributed by atoms with Crippen molar-refractivity contribution in [2.45, 2.75) is 76.5 Å². The van der Waals surface area contributed by atoms with Gasteiger partial charge in [0.1, 0.15) is 6.61 Å². The maximum atomic E-state index is 13.8. The number of hydrogen-bond acceptors (Lipinski definition) is 8. The van der Waals surface area contributed by atoms with Crippen LogP contribution in [0.1, 0.15) is 68.1 Å². The average Bonchev–Trinajstić information content (AvgIpc) is 3.51. The Bertz CT molecular complexity index is 1600. The van der Waals surface area contributed by atoms with Gasteiger partial charge in [-0.1, -0.05) is 61.9 Å². The van der Waals surface area contributed by atoms with E-state index in [1.807, 2.05) is 55.5 Å². The average molecular weight is 614 g/mol. The first-order valence-corrected chi connectivity index (χ1v) is 16.2. The third-order valence-corrected chi connectivity index (χ3v) is 12.0. The molecule has 4 fully saturated rings. The van der Waals surface area contributed by atoms with Crippen LogP contribution in [0.4, 0.5) is 5.69 Å². The number of rotatable bonds is 7. The number of nitrogen functional groups attached to an aromatic ring is 1. The molecule has 1 heterocycles. The van der Waals surface area contributed by atoms with Crippen LogP contribution < -0.4 is 5.73 Å². The molecule has 0 radical (unpaired) electrons. The van der Waals surface area contributed by atoms with Crippen molar-refractivity contribution in [3.8, 4) is 0 Å². The van der Waals surface area contributed by atoms with Crippen LogP contribution >= 0.6 is 0 Å².